The van der Waals surface area contributed by atoms with Gasteiger partial charge in [0.25, 0.3) is 5.91 Å². The number of hydrogen-bond donors (Lipinski definition) is 1. The molecule has 1 atom stereocenters. The van der Waals surface area contributed by atoms with Crippen LogP contribution >= 0.6 is 0 Å². The van der Waals surface area contributed by atoms with E-state index in [-0.39, 0.29) is 11.9 Å². The molecule has 1 aliphatic rings. The van der Waals surface area contributed by atoms with Crippen LogP contribution in [0.4, 0.5) is 5.82 Å². The number of carbonyl (C=O) groups excluding carboxylic acids is 1. The maximum Gasteiger partial charge on any atom is 0.254 e. The predicted octanol–water partition coefficient (Wildman–Crippen LogP) is 3.80. The molecule has 120 valence electrons. The number of pyridine rings is 1. The Morgan fingerprint density at radius 1 is 1.26 bits per heavy atom. The van der Waals surface area contributed by atoms with Crippen molar-refractivity contribution in [3.05, 3.63) is 59.3 Å². The van der Waals surface area contributed by atoms with Crippen molar-refractivity contribution in [1.29, 1.82) is 0 Å². The molecule has 0 spiro atoms. The second-order valence-corrected chi connectivity index (χ2v) is 6.06. The fourth-order valence-corrected chi connectivity index (χ4v) is 3.31. The van der Waals surface area contributed by atoms with Crippen LogP contribution in [0.3, 0.4) is 0 Å². The van der Waals surface area contributed by atoms with Gasteiger partial charge in [-0.05, 0) is 55.5 Å². The second-order valence-electron chi connectivity index (χ2n) is 6.06. The number of nitrogens with one attached hydrogen (secondary N) is 1. The Hall–Kier alpha value is -2.36. The number of aryl methyl sites for hydroxylation is 1. The Bertz CT molecular complexity index is 684. The van der Waals surface area contributed by atoms with Crippen molar-refractivity contribution in [2.75, 3.05) is 18.9 Å². The molecule has 0 aliphatic carbocycles. The molecule has 0 radical (unpaired) electrons. The molecule has 4 nitrogen and oxygen atoms in total. The Morgan fingerprint density at radius 2 is 2.04 bits per heavy atom. The fourth-order valence-electron chi connectivity index (χ4n) is 3.31. The van der Waals surface area contributed by atoms with Crippen LogP contribution in [0.25, 0.3) is 0 Å². The lowest BCUT2D eigenvalue weighted by atomic mass is 9.94. The van der Waals surface area contributed by atoms with E-state index in [1.54, 1.807) is 0 Å². The van der Waals surface area contributed by atoms with E-state index in [0.717, 1.165) is 48.3 Å². The van der Waals surface area contributed by atoms with E-state index in [4.69, 9.17) is 0 Å². The first-order chi connectivity index (χ1) is 11.2. The maximum absolute atomic E-state index is 12.9. The number of amides is 1. The zero-order valence-corrected chi connectivity index (χ0v) is 13.7. The van der Waals surface area contributed by atoms with Crippen molar-refractivity contribution < 1.29 is 4.79 Å². The second kappa shape index (κ2) is 6.82. The summed E-state index contributed by atoms with van der Waals surface area (Å²) in [6.07, 6.45) is 5.12. The summed E-state index contributed by atoms with van der Waals surface area (Å²) in [6.45, 7) is 2.86. The van der Waals surface area contributed by atoms with Gasteiger partial charge in [0.15, 0.2) is 0 Å². The number of hydrogen-bond acceptors (Lipinski definition) is 3. The molecule has 0 saturated carbocycles. The Labute approximate surface area is 137 Å². The zero-order chi connectivity index (χ0) is 16.2. The molecular weight excluding hydrogens is 286 g/mol. The summed E-state index contributed by atoms with van der Waals surface area (Å²) in [5.41, 5.74) is 3.00. The number of benzene rings is 1. The average Bonchev–Trinajstić information content (AvgIpc) is 2.62. The molecule has 1 amide bonds. The summed E-state index contributed by atoms with van der Waals surface area (Å²) in [5.74, 6) is 1.01. The number of anilines is 1. The van der Waals surface area contributed by atoms with Crippen molar-refractivity contribution in [2.24, 2.45) is 0 Å². The van der Waals surface area contributed by atoms with E-state index in [1.165, 1.54) is 0 Å². The first kappa shape index (κ1) is 15.5. The summed E-state index contributed by atoms with van der Waals surface area (Å²) in [7, 11) is 1.88. The van der Waals surface area contributed by atoms with Crippen molar-refractivity contribution in [1.82, 2.24) is 9.88 Å². The van der Waals surface area contributed by atoms with Gasteiger partial charge in [-0.25, -0.2) is 4.98 Å². The number of aromatic nitrogens is 1. The molecule has 23 heavy (non-hydrogen) atoms. The largest absolute Gasteiger partial charge is 0.373 e. The van der Waals surface area contributed by atoms with E-state index < -0.39 is 0 Å². The number of piperidine rings is 1. The molecule has 0 bridgehead atoms. The smallest absolute Gasteiger partial charge is 0.254 e. The van der Waals surface area contributed by atoms with E-state index in [9.17, 15) is 4.79 Å². The van der Waals surface area contributed by atoms with Crippen LogP contribution < -0.4 is 5.32 Å². The standard InChI is InChI=1S/C19H23N3O/c1-14-12-16(13-21-18(14)20-2)17-10-6-7-11-22(17)19(23)15-8-4-3-5-9-15/h3-5,8-9,12-13,17H,6-7,10-11H2,1-2H3,(H,20,21)/t17-/m1/s1. The third-order valence-corrected chi connectivity index (χ3v) is 4.51. The monoisotopic (exact) mass is 309 g/mol. The average molecular weight is 309 g/mol. The Balaban J connectivity index is 1.90. The molecule has 0 unspecified atom stereocenters. The van der Waals surface area contributed by atoms with Crippen LogP contribution in [0.2, 0.25) is 0 Å². The molecule has 2 aromatic rings. The molecule has 3 rings (SSSR count). The quantitative estimate of drug-likeness (QED) is 0.938. The molecule has 1 fully saturated rings. The van der Waals surface area contributed by atoms with Crippen LogP contribution in [0.5, 0.6) is 0 Å². The first-order valence-electron chi connectivity index (χ1n) is 8.21. The highest BCUT2D eigenvalue weighted by Crippen LogP contribution is 2.33. The lowest BCUT2D eigenvalue weighted by Crippen LogP contribution is -2.38. The Morgan fingerprint density at radius 3 is 2.74 bits per heavy atom. The van der Waals surface area contributed by atoms with E-state index >= 15 is 0 Å². The highest BCUT2D eigenvalue weighted by Gasteiger charge is 2.29. The van der Waals surface area contributed by atoms with Gasteiger partial charge in [0.05, 0.1) is 6.04 Å². The lowest BCUT2D eigenvalue weighted by molar-refractivity contribution is 0.0611. The van der Waals surface area contributed by atoms with Crippen LogP contribution in [0.1, 0.15) is 46.8 Å². The maximum atomic E-state index is 12.9. The highest BCUT2D eigenvalue weighted by atomic mass is 16.2. The van der Waals surface area contributed by atoms with Crippen LogP contribution in [0.15, 0.2) is 42.6 Å². The van der Waals surface area contributed by atoms with Gasteiger partial charge in [0, 0.05) is 25.4 Å². The molecule has 1 aromatic heterocycles. The predicted molar refractivity (Wildman–Crippen MR) is 92.6 cm³/mol. The summed E-state index contributed by atoms with van der Waals surface area (Å²) >= 11 is 0. The minimum atomic E-state index is 0.116. The zero-order valence-electron chi connectivity index (χ0n) is 13.7. The topological polar surface area (TPSA) is 45.2 Å². The molecule has 1 saturated heterocycles. The van der Waals surface area contributed by atoms with Crippen molar-refractivity contribution >= 4 is 11.7 Å². The summed E-state index contributed by atoms with van der Waals surface area (Å²) in [6, 6.07) is 11.8. The summed E-state index contributed by atoms with van der Waals surface area (Å²) in [5, 5.41) is 3.09. The van der Waals surface area contributed by atoms with Crippen LogP contribution in [-0.4, -0.2) is 29.4 Å². The first-order valence-corrected chi connectivity index (χ1v) is 8.21. The molecule has 1 aliphatic heterocycles. The molecule has 1 aromatic carbocycles. The lowest BCUT2D eigenvalue weighted by Gasteiger charge is -2.36. The minimum Gasteiger partial charge on any atom is -0.373 e. The van der Waals surface area contributed by atoms with Gasteiger partial charge in [0.1, 0.15) is 5.82 Å². The third kappa shape index (κ3) is 3.21. The van der Waals surface area contributed by atoms with E-state index in [0.29, 0.717) is 0 Å². The third-order valence-electron chi connectivity index (χ3n) is 4.51. The molecular formula is C19H23N3O. The van der Waals surface area contributed by atoms with Crippen molar-refractivity contribution in [3.63, 3.8) is 0 Å². The summed E-state index contributed by atoms with van der Waals surface area (Å²) in [4.78, 5) is 19.4. The van der Waals surface area contributed by atoms with Gasteiger partial charge in [0.2, 0.25) is 0 Å². The van der Waals surface area contributed by atoms with Crippen LogP contribution in [0, 0.1) is 6.92 Å². The number of rotatable bonds is 3. The minimum absolute atomic E-state index is 0.116. The van der Waals surface area contributed by atoms with Gasteiger partial charge in [-0.1, -0.05) is 18.2 Å². The van der Waals surface area contributed by atoms with E-state index in [2.05, 4.69) is 23.3 Å². The number of nitrogens with zero attached hydrogens (tertiary/aromatic N) is 2. The van der Waals surface area contributed by atoms with Gasteiger partial charge in [-0.15, -0.1) is 0 Å². The van der Waals surface area contributed by atoms with Gasteiger partial charge in [-0.3, -0.25) is 4.79 Å². The molecule has 4 heteroatoms. The van der Waals surface area contributed by atoms with Crippen molar-refractivity contribution in [3.8, 4) is 0 Å². The molecule has 2 heterocycles. The highest BCUT2D eigenvalue weighted by molar-refractivity contribution is 5.94. The van der Waals surface area contributed by atoms with Crippen LogP contribution in [-0.2, 0) is 0 Å². The normalized spacial score (nSPS) is 17.8. The molecule has 1 N–H and O–H groups in total. The van der Waals surface area contributed by atoms with Gasteiger partial charge < -0.3 is 10.2 Å². The fraction of sp³-hybridized carbons (Fsp3) is 0.368. The number of likely N-dealkylation sites (tertiary alicyclic amines) is 1. The Kier molecular flexibility index (Phi) is 4.60. The summed E-state index contributed by atoms with van der Waals surface area (Å²) < 4.78 is 0. The SMILES string of the molecule is CNc1ncc([C@H]2CCCCN2C(=O)c2ccccc2)cc1C. The van der Waals surface area contributed by atoms with Gasteiger partial charge in [-0.2, -0.15) is 0 Å². The van der Waals surface area contributed by atoms with Crippen molar-refractivity contribution in [2.45, 2.75) is 32.2 Å². The number of carbonyl (C=O) groups is 1. The van der Waals surface area contributed by atoms with Gasteiger partial charge >= 0.3 is 0 Å². The van der Waals surface area contributed by atoms with E-state index in [1.807, 2.05) is 48.5 Å².